The van der Waals surface area contributed by atoms with Crippen LogP contribution in [0.15, 0.2) is 333 Å². The number of aryl methyl sites for hydroxylation is 25. The van der Waals surface area contributed by atoms with E-state index in [9.17, 15) is 27.7 Å². The van der Waals surface area contributed by atoms with Gasteiger partial charge < -0.3 is 4.74 Å². The van der Waals surface area contributed by atoms with E-state index < -0.39 is 16.7 Å². The Bertz CT molecular complexity index is 5120. The van der Waals surface area contributed by atoms with Gasteiger partial charge in [-0.3, -0.25) is 10.1 Å². The van der Waals surface area contributed by atoms with Gasteiger partial charge in [-0.1, -0.05) is 425 Å². The predicted octanol–water partition coefficient (Wildman–Crippen LogP) is 38.1. The molecule has 0 saturated carbocycles. The summed E-state index contributed by atoms with van der Waals surface area (Å²) in [7, 11) is 1.68. The van der Waals surface area contributed by atoms with E-state index in [1.807, 2.05) is 87.7 Å². The maximum absolute atomic E-state index is 12.3. The molecule has 0 unspecified atom stereocenters. The third-order valence-corrected chi connectivity index (χ3v) is 20.2. The summed E-state index contributed by atoms with van der Waals surface area (Å²) in [6, 6.07) is 108. The smallest absolute Gasteiger partial charge is 0.416 e. The first kappa shape index (κ1) is 123. The minimum atomic E-state index is -4.22. The van der Waals surface area contributed by atoms with Crippen LogP contribution in [0.4, 0.5) is 23.2 Å². The zero-order valence-electron chi connectivity index (χ0n) is 86.2. The van der Waals surface area contributed by atoms with Crippen LogP contribution in [0, 0.1) is 206 Å². The second kappa shape index (κ2) is 69.6. The Morgan fingerprint density at radius 2 is 0.622 bits per heavy atom. The Kier molecular flexibility index (Phi) is 63.3. The second-order valence-corrected chi connectivity index (χ2v) is 36.7. The zero-order valence-corrected chi connectivity index (χ0v) is 88.5. The molecule has 0 N–H and O–H groups in total. The van der Waals surface area contributed by atoms with E-state index in [4.69, 9.17) is 33.2 Å². The van der Waals surface area contributed by atoms with Crippen molar-refractivity contribution in [2.24, 2.45) is 5.92 Å². The van der Waals surface area contributed by atoms with E-state index in [2.05, 4.69) is 378 Å². The molecule has 0 amide bonds. The Morgan fingerprint density at radius 1 is 0.326 bits per heavy atom. The van der Waals surface area contributed by atoms with Crippen molar-refractivity contribution in [3.63, 3.8) is 0 Å². The molecule has 0 bridgehead atoms. The highest BCUT2D eigenvalue weighted by atomic mass is 35.5. The maximum atomic E-state index is 12.3. The Morgan fingerprint density at radius 3 is 0.837 bits per heavy atom. The summed E-state index contributed by atoms with van der Waals surface area (Å²) >= 11 is 12.9. The van der Waals surface area contributed by atoms with Crippen LogP contribution in [0.1, 0.15) is 196 Å². The number of hydrogen-bond acceptors (Lipinski definition) is 5. The van der Waals surface area contributed by atoms with Crippen LogP contribution in [0.25, 0.3) is 0 Å². The highest BCUT2D eigenvalue weighted by molar-refractivity contribution is 7.10. The van der Waals surface area contributed by atoms with Gasteiger partial charge in [0.05, 0.1) is 23.2 Å². The number of halogens is 6. The molecule has 12 heteroatoms. The van der Waals surface area contributed by atoms with Gasteiger partial charge in [0.25, 0.3) is 5.69 Å². The van der Waals surface area contributed by atoms with E-state index in [-0.39, 0.29) is 11.5 Å². The van der Waals surface area contributed by atoms with Crippen molar-refractivity contribution >= 4 is 40.2 Å². The van der Waals surface area contributed by atoms with Crippen molar-refractivity contribution < 1.29 is 27.2 Å². The third kappa shape index (κ3) is 65.1. The average Bonchev–Trinajstić information content (AvgIpc) is 1.76. The topological polar surface area (TPSA) is 76.2 Å². The predicted molar refractivity (Wildman–Crippen MR) is 580 cm³/mol. The Balaban J connectivity index is 0.00000142. The fourth-order valence-corrected chi connectivity index (χ4v) is 12.2. The molecule has 1 aromatic heterocycles. The summed E-state index contributed by atoms with van der Waals surface area (Å²) < 4.78 is 53.2. The van der Waals surface area contributed by atoms with Crippen LogP contribution >= 0.6 is 34.5 Å². The van der Waals surface area contributed by atoms with Gasteiger partial charge in [-0.15, -0.1) is 11.3 Å². The molecule has 14 aromatic carbocycles. The van der Waals surface area contributed by atoms with E-state index in [1.54, 1.807) is 68.7 Å². The molecule has 0 aliphatic carbocycles. The second-order valence-electron chi connectivity index (χ2n) is 34.7. The van der Waals surface area contributed by atoms with Crippen LogP contribution in [0.2, 0.25) is 10.0 Å². The highest BCUT2D eigenvalue weighted by Crippen LogP contribution is 2.29. The lowest BCUT2D eigenvalue weighted by molar-refractivity contribution is -0.384. The molecule has 0 fully saturated rings. The van der Waals surface area contributed by atoms with Crippen molar-refractivity contribution in [2.45, 2.75) is 220 Å². The normalized spacial score (nSPS) is 9.56. The van der Waals surface area contributed by atoms with Crippen molar-refractivity contribution in [1.29, 1.82) is 5.26 Å². The van der Waals surface area contributed by atoms with Crippen LogP contribution in [0.3, 0.4) is 0 Å². The summed E-state index contributed by atoms with van der Waals surface area (Å²) in [5, 5.41) is 21.8. The van der Waals surface area contributed by atoms with Crippen LogP contribution in [0.5, 0.6) is 5.75 Å². The van der Waals surface area contributed by atoms with Gasteiger partial charge in [0.1, 0.15) is 17.6 Å². The molecule has 15 aromatic rings. The van der Waals surface area contributed by atoms with E-state index in [0.717, 1.165) is 45.4 Å². The van der Waals surface area contributed by atoms with Gasteiger partial charge in [-0.05, 0) is 278 Å². The number of methoxy groups -OCH3 is 1. The molecular weight excluding hydrogens is 1730 g/mol. The number of alkyl halides is 3. The molecule has 0 aliphatic rings. The first-order valence-corrected chi connectivity index (χ1v) is 46.9. The number of hydrogen-bond donors (Lipinski definition) is 0. The molecule has 1 heterocycles. The van der Waals surface area contributed by atoms with Crippen molar-refractivity contribution in [3.05, 3.63) is 514 Å². The number of nitriles is 1. The summed E-state index contributed by atoms with van der Waals surface area (Å²) in [6.07, 6.45) is -4.22. The van der Waals surface area contributed by atoms with Crippen molar-refractivity contribution in [2.75, 3.05) is 7.11 Å². The SMILES string of the molecule is CC(C)C.COc1cccc(C)c1.Cc1cc(C)cc(C)c1.Cc1cc(Cl)cc(Cl)c1.Cc1ccc(C(C)C)cc1.Cc1ccc(C)c(C)c1.Cc1ccc(C)cc1.Cc1ccc(C)cc1.Cc1ccc(C)cc1.Cc1ccc(C)cc1.Cc1ccc(C)cc1.Cc1ccc(C)cc1.Cc1cccc(C(F)(F)F)c1.Cc1cccc([N+](=O)[O-])c1.Cc1ccccc1F.Cc1sccc1C#N. The zero-order chi connectivity index (χ0) is 102. The van der Waals surface area contributed by atoms with E-state index in [1.165, 1.54) is 135 Å². The number of benzene rings is 14. The molecule has 0 saturated heterocycles. The van der Waals surface area contributed by atoms with Gasteiger partial charge >= 0.3 is 6.18 Å². The largest absolute Gasteiger partial charge is 0.497 e. The Hall–Kier alpha value is -12.2. The number of nitro benzene ring substituents is 1. The molecule has 135 heavy (non-hydrogen) atoms. The minimum absolute atomic E-state index is 0.132. The van der Waals surface area contributed by atoms with Crippen LogP contribution in [-0.2, 0) is 6.18 Å². The van der Waals surface area contributed by atoms with Gasteiger partial charge in [0.15, 0.2) is 0 Å². The average molecular weight is 1880 g/mol. The van der Waals surface area contributed by atoms with Gasteiger partial charge in [-0.25, -0.2) is 4.39 Å². The van der Waals surface area contributed by atoms with Crippen LogP contribution < -0.4 is 4.74 Å². The first-order chi connectivity index (χ1) is 63.4. The quantitative estimate of drug-likeness (QED) is 0.100. The lowest BCUT2D eigenvalue weighted by Gasteiger charge is -2.05. The summed E-state index contributed by atoms with van der Waals surface area (Å²) in [5.41, 5.74) is 31.8. The molecule has 0 aliphatic heterocycles. The fraction of sp³-hybridized carbons (Fsp3) is 0.276. The summed E-state index contributed by atoms with van der Waals surface area (Å²) in [4.78, 5) is 10.9. The van der Waals surface area contributed by atoms with Gasteiger partial charge in [0, 0.05) is 27.1 Å². The molecule has 718 valence electrons. The summed E-state index contributed by atoms with van der Waals surface area (Å²) in [6.45, 7) is 62.1. The number of ether oxygens (including phenoxy) is 1. The molecule has 0 spiro atoms. The number of rotatable bonds is 3. The molecule has 0 atom stereocenters. The van der Waals surface area contributed by atoms with Gasteiger partial charge in [-0.2, -0.15) is 18.4 Å². The molecule has 15 rings (SSSR count). The lowest BCUT2D eigenvalue weighted by atomic mass is 10.0. The number of non-ortho nitro benzene ring substituents is 1. The first-order valence-electron chi connectivity index (χ1n) is 45.3. The monoisotopic (exact) mass is 1880 g/mol. The van der Waals surface area contributed by atoms with Crippen molar-refractivity contribution in [3.8, 4) is 11.8 Å². The standard InChI is InChI=1S/C10H14.2C9H12.C8H7F3.C8H10O.6C8H10.C7H6Cl2.C7H7F.C7H7NO2.C6H5NS.C4H10/c1-8(2)10-6-4-9(3)5-7-10;1-7-4-8(2)6-9(3)5-7;1-7-4-5-8(2)9(3)6-7;1-6-3-2-4-7(5-6)8(9,10)11;1-7-4-3-5-8(6-7)9-2;6*1-7-3-5-8(2)6-4-7;1-5-2-6(8)4-7(9)3-5;1-6-4-2-3-5-7(6)8;1-6-3-2-4-7(5-6)8(9)10;1-5-6(4-7)2-3-8-5;1-4(2)3/h4-8H,1-3H3;2*4-6H,1-3H3;2-5H,1H3;3-6H,1-2H3;6*3-6H,1-2H3;2-4H,1H3;2-5H,1H3;2-5H,1H3;2-3H,1H3;4H,1-3H3. The number of nitro groups is 1. The summed E-state index contributed by atoms with van der Waals surface area (Å²) in [5.74, 6) is 2.28. The number of nitrogens with zero attached hydrogens (tertiary/aromatic N) is 2. The minimum Gasteiger partial charge on any atom is -0.497 e. The fourth-order valence-electron chi connectivity index (χ4n) is 10.9. The number of thiophene rings is 1. The molecule has 5 nitrogen and oxygen atoms in total. The molecular formula is C123H150Cl2F4N2O3S. The van der Waals surface area contributed by atoms with Gasteiger partial charge in [0.2, 0.25) is 0 Å². The third-order valence-electron chi connectivity index (χ3n) is 18.9. The van der Waals surface area contributed by atoms with Crippen LogP contribution in [-0.4, -0.2) is 12.0 Å². The lowest BCUT2D eigenvalue weighted by Crippen LogP contribution is -2.04. The maximum Gasteiger partial charge on any atom is 0.416 e. The van der Waals surface area contributed by atoms with E-state index in [0.29, 0.717) is 27.1 Å². The van der Waals surface area contributed by atoms with E-state index >= 15 is 0 Å². The Labute approximate surface area is 825 Å². The van der Waals surface area contributed by atoms with Crippen molar-refractivity contribution in [1.82, 2.24) is 0 Å². The highest BCUT2D eigenvalue weighted by Gasteiger charge is 2.30. The molecule has 0 radical (unpaired) electrons.